The zero-order valence-corrected chi connectivity index (χ0v) is 13.6. The molecule has 0 fully saturated rings. The minimum Gasteiger partial charge on any atom is -0.459 e. The van der Waals surface area contributed by atoms with Crippen LogP contribution in [0, 0.1) is 10.1 Å². The van der Waals surface area contributed by atoms with Crippen molar-refractivity contribution in [1.29, 1.82) is 0 Å². The number of benzene rings is 1. The molecule has 0 radical (unpaired) electrons. The number of carboxylic acid groups (broad SMARTS) is 1. The molecule has 1 unspecified atom stereocenters. The highest BCUT2D eigenvalue weighted by molar-refractivity contribution is 5.72. The molecule has 0 spiro atoms. The van der Waals surface area contributed by atoms with Crippen LogP contribution in [0.3, 0.4) is 0 Å². The van der Waals surface area contributed by atoms with Crippen LogP contribution in [0.4, 0.5) is 10.5 Å². The van der Waals surface area contributed by atoms with E-state index in [0.29, 0.717) is 5.56 Å². The van der Waals surface area contributed by atoms with Crippen LogP contribution in [-0.4, -0.2) is 40.8 Å². The SMILES string of the molecule is CC(C)(C)OC(=O)CNCC(OC(=O)O)c1ccc([N+](=O)[O-])cc1. The Morgan fingerprint density at radius 1 is 1.29 bits per heavy atom. The van der Waals surface area contributed by atoms with Gasteiger partial charge in [0.1, 0.15) is 11.7 Å². The quantitative estimate of drug-likeness (QED) is 0.439. The van der Waals surface area contributed by atoms with Gasteiger partial charge >= 0.3 is 12.1 Å². The molecular weight excluding hydrogens is 320 g/mol. The van der Waals surface area contributed by atoms with Gasteiger partial charge in [0.15, 0.2) is 0 Å². The van der Waals surface area contributed by atoms with Crippen molar-refractivity contribution in [3.63, 3.8) is 0 Å². The number of carbonyl (C=O) groups excluding carboxylic acids is 1. The van der Waals surface area contributed by atoms with E-state index in [1.807, 2.05) is 0 Å². The summed E-state index contributed by atoms with van der Waals surface area (Å²) in [7, 11) is 0. The monoisotopic (exact) mass is 340 g/mol. The minimum absolute atomic E-state index is 0.0172. The number of nitro groups is 1. The summed E-state index contributed by atoms with van der Waals surface area (Å²) in [6.45, 7) is 5.10. The second-order valence-electron chi connectivity index (χ2n) is 5.94. The molecule has 0 bridgehead atoms. The molecule has 132 valence electrons. The smallest absolute Gasteiger partial charge is 0.459 e. The Morgan fingerprint density at radius 2 is 1.88 bits per heavy atom. The standard InChI is InChI=1S/C15H20N2O7/c1-15(2,3)24-13(18)9-16-8-12(23-14(19)20)10-4-6-11(7-5-10)17(21)22/h4-7,12,16H,8-9H2,1-3H3,(H,19,20). The Balaban J connectivity index is 2.67. The van der Waals surface area contributed by atoms with Crippen molar-refractivity contribution >= 4 is 17.8 Å². The van der Waals surface area contributed by atoms with E-state index in [1.165, 1.54) is 24.3 Å². The van der Waals surface area contributed by atoms with Crippen molar-refractivity contribution in [1.82, 2.24) is 5.32 Å². The summed E-state index contributed by atoms with van der Waals surface area (Å²) in [4.78, 5) is 32.5. The molecule has 0 aliphatic rings. The van der Waals surface area contributed by atoms with Crippen molar-refractivity contribution in [3.8, 4) is 0 Å². The van der Waals surface area contributed by atoms with Crippen molar-refractivity contribution in [2.24, 2.45) is 0 Å². The third-order valence-corrected chi connectivity index (χ3v) is 2.74. The summed E-state index contributed by atoms with van der Waals surface area (Å²) in [6, 6.07) is 5.31. The Morgan fingerprint density at radius 3 is 2.33 bits per heavy atom. The molecule has 0 aliphatic heterocycles. The zero-order chi connectivity index (χ0) is 18.3. The molecule has 0 aliphatic carbocycles. The van der Waals surface area contributed by atoms with Gasteiger partial charge in [-0.1, -0.05) is 0 Å². The molecule has 9 nitrogen and oxygen atoms in total. The number of non-ortho nitro benzene ring substituents is 1. The van der Waals surface area contributed by atoms with E-state index in [4.69, 9.17) is 14.6 Å². The number of esters is 1. The normalized spacial score (nSPS) is 12.3. The summed E-state index contributed by atoms with van der Waals surface area (Å²) in [5.41, 5.74) is -0.303. The van der Waals surface area contributed by atoms with Gasteiger partial charge in [0.25, 0.3) is 5.69 Å². The van der Waals surface area contributed by atoms with Crippen molar-refractivity contribution < 1.29 is 29.1 Å². The third-order valence-electron chi connectivity index (χ3n) is 2.74. The van der Waals surface area contributed by atoms with Crippen molar-refractivity contribution in [2.45, 2.75) is 32.5 Å². The molecule has 0 saturated heterocycles. The van der Waals surface area contributed by atoms with Crippen LogP contribution in [0.15, 0.2) is 24.3 Å². The molecule has 0 aromatic heterocycles. The van der Waals surface area contributed by atoms with Gasteiger partial charge in [-0.15, -0.1) is 0 Å². The maximum atomic E-state index is 11.6. The highest BCUT2D eigenvalue weighted by Gasteiger charge is 2.19. The van der Waals surface area contributed by atoms with Crippen LogP contribution < -0.4 is 5.32 Å². The van der Waals surface area contributed by atoms with E-state index in [2.05, 4.69) is 5.32 Å². The topological polar surface area (TPSA) is 128 Å². The van der Waals surface area contributed by atoms with Crippen LogP contribution in [0.25, 0.3) is 0 Å². The Kier molecular flexibility index (Phi) is 6.66. The molecular formula is C15H20N2O7. The van der Waals surface area contributed by atoms with Gasteiger partial charge in [0.05, 0.1) is 11.5 Å². The number of rotatable bonds is 7. The average Bonchev–Trinajstić information content (AvgIpc) is 2.44. The minimum atomic E-state index is -1.49. The predicted molar refractivity (Wildman–Crippen MR) is 83.7 cm³/mol. The molecule has 1 aromatic rings. The predicted octanol–water partition coefficient (Wildman–Crippen LogP) is 2.26. The largest absolute Gasteiger partial charge is 0.506 e. The number of nitrogens with zero attached hydrogens (tertiary/aromatic N) is 1. The Labute approximate surface area is 138 Å². The fraction of sp³-hybridized carbons (Fsp3) is 0.467. The molecule has 24 heavy (non-hydrogen) atoms. The lowest BCUT2D eigenvalue weighted by Gasteiger charge is -2.20. The van der Waals surface area contributed by atoms with Gasteiger partial charge in [-0.05, 0) is 38.5 Å². The number of nitrogens with one attached hydrogen (secondary N) is 1. The molecule has 0 saturated carbocycles. The van der Waals surface area contributed by atoms with Crippen LogP contribution >= 0.6 is 0 Å². The number of hydrogen-bond acceptors (Lipinski definition) is 7. The Bertz CT molecular complexity index is 593. The summed E-state index contributed by atoms with van der Waals surface area (Å²) in [5.74, 6) is -0.486. The summed E-state index contributed by atoms with van der Waals surface area (Å²) >= 11 is 0. The molecule has 9 heteroatoms. The third kappa shape index (κ3) is 7.05. The van der Waals surface area contributed by atoms with Gasteiger partial charge in [-0.3, -0.25) is 14.9 Å². The fourth-order valence-corrected chi connectivity index (χ4v) is 1.84. The van der Waals surface area contributed by atoms with Crippen LogP contribution in [0.1, 0.15) is 32.4 Å². The first kappa shape index (κ1) is 19.4. The number of nitro benzene ring substituents is 1. The molecule has 1 rings (SSSR count). The van der Waals surface area contributed by atoms with Gasteiger partial charge in [-0.25, -0.2) is 4.79 Å². The van der Waals surface area contributed by atoms with Crippen LogP contribution in [0.5, 0.6) is 0 Å². The van der Waals surface area contributed by atoms with Gasteiger partial charge in [0, 0.05) is 18.7 Å². The second-order valence-corrected chi connectivity index (χ2v) is 5.94. The van der Waals surface area contributed by atoms with Crippen LogP contribution in [-0.2, 0) is 14.3 Å². The summed E-state index contributed by atoms with van der Waals surface area (Å²) < 4.78 is 9.87. The second kappa shape index (κ2) is 8.25. The van der Waals surface area contributed by atoms with E-state index in [1.54, 1.807) is 20.8 Å². The molecule has 1 aromatic carbocycles. The van der Waals surface area contributed by atoms with E-state index in [-0.39, 0.29) is 18.8 Å². The molecule has 1 atom stereocenters. The first-order chi connectivity index (χ1) is 11.1. The maximum absolute atomic E-state index is 11.6. The van der Waals surface area contributed by atoms with Gasteiger partial charge < -0.3 is 19.9 Å². The van der Waals surface area contributed by atoms with Crippen LogP contribution in [0.2, 0.25) is 0 Å². The highest BCUT2D eigenvalue weighted by Crippen LogP contribution is 2.20. The van der Waals surface area contributed by atoms with Crippen molar-refractivity contribution in [2.75, 3.05) is 13.1 Å². The number of ether oxygens (including phenoxy) is 2. The van der Waals surface area contributed by atoms with Crippen molar-refractivity contribution in [3.05, 3.63) is 39.9 Å². The summed E-state index contributed by atoms with van der Waals surface area (Å²) in [6.07, 6.45) is -2.40. The van der Waals surface area contributed by atoms with Gasteiger partial charge in [-0.2, -0.15) is 0 Å². The lowest BCUT2D eigenvalue weighted by Crippen LogP contribution is -2.34. The van der Waals surface area contributed by atoms with E-state index < -0.39 is 28.8 Å². The number of hydrogen-bond donors (Lipinski definition) is 2. The lowest BCUT2D eigenvalue weighted by molar-refractivity contribution is -0.384. The van der Waals surface area contributed by atoms with Gasteiger partial charge in [0.2, 0.25) is 0 Å². The lowest BCUT2D eigenvalue weighted by atomic mass is 10.1. The Hall–Kier alpha value is -2.68. The van der Waals surface area contributed by atoms with E-state index in [0.717, 1.165) is 0 Å². The van der Waals surface area contributed by atoms with E-state index in [9.17, 15) is 19.7 Å². The fourth-order valence-electron chi connectivity index (χ4n) is 1.84. The summed E-state index contributed by atoms with van der Waals surface area (Å²) in [5, 5.41) is 22.2. The number of carbonyl (C=O) groups is 2. The zero-order valence-electron chi connectivity index (χ0n) is 13.6. The first-order valence-corrected chi connectivity index (χ1v) is 7.15. The molecule has 0 amide bonds. The maximum Gasteiger partial charge on any atom is 0.506 e. The average molecular weight is 340 g/mol. The molecule has 2 N–H and O–H groups in total. The first-order valence-electron chi connectivity index (χ1n) is 7.15. The molecule has 0 heterocycles. The van der Waals surface area contributed by atoms with E-state index >= 15 is 0 Å². The highest BCUT2D eigenvalue weighted by atomic mass is 16.7.